The summed E-state index contributed by atoms with van der Waals surface area (Å²) in [6.45, 7) is 13.9. The van der Waals surface area contributed by atoms with Crippen molar-refractivity contribution in [2.24, 2.45) is 39.4 Å². The van der Waals surface area contributed by atoms with Crippen LogP contribution in [0.2, 0.25) is 0 Å². The van der Waals surface area contributed by atoms with Gasteiger partial charge in [-0.2, -0.15) is 0 Å². The van der Waals surface area contributed by atoms with Gasteiger partial charge in [0.15, 0.2) is 0 Å². The summed E-state index contributed by atoms with van der Waals surface area (Å²) in [4.78, 5) is 14.2. The summed E-state index contributed by atoms with van der Waals surface area (Å²) in [5.74, 6) is 0.336. The summed E-state index contributed by atoms with van der Waals surface area (Å²) >= 11 is 0. The molecule has 0 aromatic heterocycles. The van der Waals surface area contributed by atoms with E-state index in [1.54, 1.807) is 13.8 Å². The van der Waals surface area contributed by atoms with Crippen LogP contribution in [-0.2, 0) is 4.79 Å². The lowest BCUT2D eigenvalue weighted by Gasteiger charge is -2.62. The van der Waals surface area contributed by atoms with E-state index in [0.29, 0.717) is 25.7 Å². The van der Waals surface area contributed by atoms with E-state index in [-0.39, 0.29) is 41.0 Å². The molecule has 206 valence electrons. The highest BCUT2D eigenvalue weighted by Crippen LogP contribution is 2.71. The molecule has 4 aliphatic carbocycles. The number of hydrogen-bond acceptors (Lipinski definition) is 6. The third kappa shape index (κ3) is 3.80. The molecule has 0 spiro atoms. The predicted octanol–water partition coefficient (Wildman–Crippen LogP) is 3.77. The van der Waals surface area contributed by atoms with Gasteiger partial charge in [0.2, 0.25) is 0 Å². The Bertz CT molecular complexity index is 917. The fourth-order valence-corrected chi connectivity index (χ4v) is 9.51. The molecule has 2 fully saturated rings. The number of carbonyl (C=O) groups is 1. The summed E-state index contributed by atoms with van der Waals surface area (Å²) < 4.78 is 0. The third-order valence-electron chi connectivity index (χ3n) is 12.0. The minimum Gasteiger partial charge on any atom is -0.396 e. The van der Waals surface area contributed by atoms with Crippen LogP contribution < -0.4 is 0 Å². The predicted molar refractivity (Wildman–Crippen MR) is 139 cm³/mol. The average molecular weight is 507 g/mol. The van der Waals surface area contributed by atoms with Crippen molar-refractivity contribution in [1.29, 1.82) is 0 Å². The zero-order valence-electron chi connectivity index (χ0n) is 23.5. The van der Waals surface area contributed by atoms with Gasteiger partial charge in [0.25, 0.3) is 0 Å². The van der Waals surface area contributed by atoms with E-state index in [1.165, 1.54) is 11.1 Å². The Kier molecular flexibility index (Phi) is 6.96. The highest BCUT2D eigenvalue weighted by atomic mass is 16.3. The molecular weight excluding hydrogens is 456 g/mol. The maximum Gasteiger partial charge on any atom is 0.143 e. The lowest BCUT2D eigenvalue weighted by atomic mass is 9.42. The van der Waals surface area contributed by atoms with Crippen molar-refractivity contribution >= 4 is 5.78 Å². The summed E-state index contributed by atoms with van der Waals surface area (Å²) in [5.41, 5.74) is -0.249. The second-order valence-corrected chi connectivity index (χ2v) is 14.5. The van der Waals surface area contributed by atoms with Gasteiger partial charge < -0.3 is 25.5 Å². The van der Waals surface area contributed by atoms with Crippen LogP contribution in [0.5, 0.6) is 0 Å². The van der Waals surface area contributed by atoms with Crippen molar-refractivity contribution in [3.8, 4) is 0 Å². The molecule has 0 aliphatic heterocycles. The Morgan fingerprint density at radius 2 is 1.67 bits per heavy atom. The maximum absolute atomic E-state index is 14.2. The molecule has 2 saturated carbocycles. The number of fused-ring (bicyclic) bond motifs is 4. The highest BCUT2D eigenvalue weighted by Gasteiger charge is 2.67. The Morgan fingerprint density at radius 3 is 2.25 bits per heavy atom. The van der Waals surface area contributed by atoms with Gasteiger partial charge >= 0.3 is 0 Å². The van der Waals surface area contributed by atoms with Gasteiger partial charge in [-0.3, -0.25) is 4.79 Å². The van der Waals surface area contributed by atoms with E-state index in [2.05, 4.69) is 34.6 Å². The number of allylic oxidation sites excluding steroid dienone is 2. The standard InChI is InChI=1S/C30H50O6/c1-26(2)22-10-9-19-20(28(22,5)15-21(32)25(26)35)14-24(34)30(7)18(12-13-29(19,30)6)17(16-31)8-11-23(33)27(3,4)36/h17-18,21-23,25,31-33,35-36H,8-16H2,1-7H3/t17-,18+,21+,22-,23+,25-,28+,29-,30-/m0/s1. The molecule has 36 heavy (non-hydrogen) atoms. The zero-order chi connectivity index (χ0) is 27.1. The molecule has 0 radical (unpaired) electrons. The number of rotatable bonds is 6. The molecule has 0 aromatic carbocycles. The second-order valence-electron chi connectivity index (χ2n) is 14.5. The summed E-state index contributed by atoms with van der Waals surface area (Å²) in [7, 11) is 0. The van der Waals surface area contributed by atoms with Gasteiger partial charge in [-0.05, 0) is 87.4 Å². The molecule has 0 heterocycles. The minimum atomic E-state index is -1.20. The van der Waals surface area contributed by atoms with Gasteiger partial charge in [-0.25, -0.2) is 0 Å². The topological polar surface area (TPSA) is 118 Å². The zero-order valence-corrected chi connectivity index (χ0v) is 23.5. The average Bonchev–Trinajstić information content (AvgIpc) is 3.06. The highest BCUT2D eigenvalue weighted by molar-refractivity contribution is 5.91. The summed E-state index contributed by atoms with van der Waals surface area (Å²) in [5, 5.41) is 52.7. The second kappa shape index (κ2) is 8.87. The molecular formula is C30H50O6. The Morgan fingerprint density at radius 1 is 1.03 bits per heavy atom. The Balaban J connectivity index is 1.70. The summed E-state index contributed by atoms with van der Waals surface area (Å²) in [6.07, 6.45) is 2.96. The molecule has 0 bridgehead atoms. The van der Waals surface area contributed by atoms with Gasteiger partial charge in [0.1, 0.15) is 5.78 Å². The van der Waals surface area contributed by atoms with E-state index in [0.717, 1.165) is 25.7 Å². The van der Waals surface area contributed by atoms with Crippen LogP contribution in [-0.4, -0.2) is 61.8 Å². The normalized spacial score (nSPS) is 44.1. The van der Waals surface area contributed by atoms with Crippen LogP contribution in [0.1, 0.15) is 99.8 Å². The van der Waals surface area contributed by atoms with Crippen LogP contribution in [0.3, 0.4) is 0 Å². The van der Waals surface area contributed by atoms with Crippen molar-refractivity contribution < 1.29 is 30.3 Å². The van der Waals surface area contributed by atoms with E-state index in [1.807, 2.05) is 0 Å². The van der Waals surface area contributed by atoms with Crippen molar-refractivity contribution in [2.75, 3.05) is 6.61 Å². The van der Waals surface area contributed by atoms with Crippen LogP contribution in [0.15, 0.2) is 11.1 Å². The van der Waals surface area contributed by atoms with Crippen molar-refractivity contribution in [3.05, 3.63) is 11.1 Å². The van der Waals surface area contributed by atoms with E-state index < -0.39 is 34.7 Å². The van der Waals surface area contributed by atoms with E-state index in [9.17, 15) is 30.3 Å². The number of aliphatic hydroxyl groups excluding tert-OH is 4. The molecule has 5 N–H and O–H groups in total. The SMILES string of the molecule is CC(C)(O)[C@H](O)CC[C@@H](CO)[C@H]1CC[C@@]2(C)C3=C(CC(=O)[C@]12C)[C@@]1(C)C[C@@H](O)[C@H](O)C(C)(C)[C@@H]1CC3. The van der Waals surface area contributed by atoms with Gasteiger partial charge in [-0.1, -0.05) is 45.8 Å². The van der Waals surface area contributed by atoms with Crippen molar-refractivity contribution in [3.63, 3.8) is 0 Å². The van der Waals surface area contributed by atoms with Gasteiger partial charge in [0, 0.05) is 23.9 Å². The summed E-state index contributed by atoms with van der Waals surface area (Å²) in [6, 6.07) is 0. The van der Waals surface area contributed by atoms with E-state index >= 15 is 0 Å². The smallest absolute Gasteiger partial charge is 0.143 e. The van der Waals surface area contributed by atoms with Crippen molar-refractivity contribution in [2.45, 2.75) is 124 Å². The van der Waals surface area contributed by atoms with Crippen molar-refractivity contribution in [1.82, 2.24) is 0 Å². The van der Waals surface area contributed by atoms with Crippen LogP contribution in [0.4, 0.5) is 0 Å². The lowest BCUT2D eigenvalue weighted by molar-refractivity contribution is -0.161. The Labute approximate surface area is 217 Å². The number of carbonyl (C=O) groups excluding carboxylic acids is 1. The van der Waals surface area contributed by atoms with Crippen LogP contribution in [0.25, 0.3) is 0 Å². The number of aliphatic hydroxyl groups is 5. The molecule has 6 nitrogen and oxygen atoms in total. The first kappa shape index (κ1) is 28.2. The van der Waals surface area contributed by atoms with Crippen LogP contribution >= 0.6 is 0 Å². The third-order valence-corrected chi connectivity index (χ3v) is 12.0. The van der Waals surface area contributed by atoms with Crippen LogP contribution in [0, 0.1) is 39.4 Å². The van der Waals surface area contributed by atoms with Gasteiger partial charge in [-0.15, -0.1) is 0 Å². The maximum atomic E-state index is 14.2. The van der Waals surface area contributed by atoms with Gasteiger partial charge in [0.05, 0.1) is 23.9 Å². The largest absolute Gasteiger partial charge is 0.396 e. The quantitative estimate of drug-likeness (QED) is 0.350. The minimum absolute atomic E-state index is 0.0174. The fourth-order valence-electron chi connectivity index (χ4n) is 9.51. The molecule has 4 aliphatic rings. The van der Waals surface area contributed by atoms with E-state index in [4.69, 9.17) is 0 Å². The first-order valence-electron chi connectivity index (χ1n) is 14.1. The Hall–Kier alpha value is -0.790. The molecule has 0 amide bonds. The first-order valence-corrected chi connectivity index (χ1v) is 14.1. The number of hydrogen-bond donors (Lipinski definition) is 5. The molecule has 9 atom stereocenters. The fraction of sp³-hybridized carbons (Fsp3) is 0.900. The molecule has 4 rings (SSSR count). The number of ketones is 1. The molecule has 0 saturated heterocycles. The first-order chi connectivity index (χ1) is 16.5. The molecule has 0 unspecified atom stereocenters. The molecule has 6 heteroatoms. The monoisotopic (exact) mass is 506 g/mol. The molecule has 0 aromatic rings. The number of Topliss-reactive ketones (excluding diaryl/α,β-unsaturated/α-hetero) is 1. The lowest BCUT2D eigenvalue weighted by Crippen LogP contribution is -2.60.